The maximum Gasteiger partial charge on any atom is 0.272 e. The van der Waals surface area contributed by atoms with Crippen molar-refractivity contribution in [3.8, 4) is 12.3 Å². The Labute approximate surface area is 211 Å². The molecule has 1 aromatic heterocycles. The Morgan fingerprint density at radius 2 is 1.94 bits per heavy atom. The summed E-state index contributed by atoms with van der Waals surface area (Å²) in [5, 5.41) is 8.22. The van der Waals surface area contributed by atoms with Gasteiger partial charge in [-0.2, -0.15) is 9.40 Å². The quantitative estimate of drug-likeness (QED) is 0.334. The molecule has 0 spiro atoms. The van der Waals surface area contributed by atoms with Gasteiger partial charge in [0.1, 0.15) is 0 Å². The van der Waals surface area contributed by atoms with Crippen molar-refractivity contribution in [1.82, 2.24) is 24.3 Å². The van der Waals surface area contributed by atoms with Gasteiger partial charge in [0.05, 0.1) is 23.5 Å². The first-order valence-corrected chi connectivity index (χ1v) is 13.3. The van der Waals surface area contributed by atoms with Crippen molar-refractivity contribution in [3.63, 3.8) is 0 Å². The van der Waals surface area contributed by atoms with E-state index in [1.54, 1.807) is 28.9 Å². The summed E-state index contributed by atoms with van der Waals surface area (Å²) >= 11 is 0. The van der Waals surface area contributed by atoms with Crippen molar-refractivity contribution in [3.05, 3.63) is 59.8 Å². The van der Waals surface area contributed by atoms with Crippen LogP contribution in [0.4, 0.5) is 0 Å². The van der Waals surface area contributed by atoms with Crippen molar-refractivity contribution in [2.24, 2.45) is 0 Å². The van der Waals surface area contributed by atoms with E-state index in [1.165, 1.54) is 7.05 Å². The van der Waals surface area contributed by atoms with Crippen molar-refractivity contribution in [2.45, 2.75) is 30.7 Å². The summed E-state index contributed by atoms with van der Waals surface area (Å²) in [6.07, 6.45) is 7.43. The van der Waals surface area contributed by atoms with Crippen LogP contribution in [0.3, 0.4) is 0 Å². The largest absolute Gasteiger partial charge is 0.351 e. The van der Waals surface area contributed by atoms with Gasteiger partial charge in [0.2, 0.25) is 15.9 Å². The number of nitrogens with zero attached hydrogens (tertiary/aromatic N) is 4. The van der Waals surface area contributed by atoms with Crippen LogP contribution in [-0.4, -0.2) is 72.4 Å². The zero-order valence-electron chi connectivity index (χ0n) is 20.2. The normalized spacial score (nSPS) is 13.9. The third kappa shape index (κ3) is 5.42. The molecule has 36 heavy (non-hydrogen) atoms. The summed E-state index contributed by atoms with van der Waals surface area (Å²) < 4.78 is 28.0. The summed E-state index contributed by atoms with van der Waals surface area (Å²) in [4.78, 5) is 26.6. The summed E-state index contributed by atoms with van der Waals surface area (Å²) in [7, 11) is -2.22. The fourth-order valence-electron chi connectivity index (χ4n) is 4.24. The zero-order valence-corrected chi connectivity index (χ0v) is 21.0. The third-order valence-electron chi connectivity index (χ3n) is 6.21. The first kappa shape index (κ1) is 25.4. The molecule has 9 nitrogen and oxygen atoms in total. The summed E-state index contributed by atoms with van der Waals surface area (Å²) in [6.45, 7) is 2.23. The number of amides is 2. The highest BCUT2D eigenvalue weighted by Crippen LogP contribution is 2.21. The monoisotopic (exact) mass is 507 g/mol. The zero-order chi connectivity index (χ0) is 25.7. The Morgan fingerprint density at radius 1 is 1.19 bits per heavy atom. The van der Waals surface area contributed by atoms with Crippen LogP contribution in [0.25, 0.3) is 10.9 Å². The third-order valence-corrected chi connectivity index (χ3v) is 8.03. The minimum Gasteiger partial charge on any atom is -0.351 e. The molecule has 0 atom stereocenters. The van der Waals surface area contributed by atoms with E-state index in [1.807, 2.05) is 29.2 Å². The first-order valence-electron chi connectivity index (χ1n) is 11.8. The van der Waals surface area contributed by atoms with Gasteiger partial charge in [-0.05, 0) is 36.6 Å². The molecule has 188 valence electrons. The Hall–Kier alpha value is -3.68. The minimum absolute atomic E-state index is 0.00934. The molecule has 3 aromatic rings. The number of rotatable bonds is 10. The van der Waals surface area contributed by atoms with Gasteiger partial charge in [0, 0.05) is 38.5 Å². The Balaban J connectivity index is 1.45. The number of aromatic nitrogens is 2. The van der Waals surface area contributed by atoms with Crippen LogP contribution in [0, 0.1) is 12.3 Å². The molecule has 1 aliphatic heterocycles. The minimum atomic E-state index is -3.66. The topological polar surface area (TPSA) is 105 Å². The van der Waals surface area contributed by atoms with Gasteiger partial charge < -0.3 is 10.2 Å². The number of fused-ring (bicyclic) bond motifs is 1. The van der Waals surface area contributed by atoms with Crippen LogP contribution >= 0.6 is 0 Å². The van der Waals surface area contributed by atoms with E-state index >= 15 is 0 Å². The van der Waals surface area contributed by atoms with Gasteiger partial charge in [-0.25, -0.2) is 8.42 Å². The van der Waals surface area contributed by atoms with Crippen molar-refractivity contribution >= 4 is 32.7 Å². The fourth-order valence-corrected chi connectivity index (χ4v) is 5.33. The van der Waals surface area contributed by atoms with E-state index in [-0.39, 0.29) is 23.3 Å². The molecule has 1 N–H and O–H groups in total. The van der Waals surface area contributed by atoms with E-state index in [9.17, 15) is 18.0 Å². The van der Waals surface area contributed by atoms with E-state index in [0.29, 0.717) is 38.2 Å². The van der Waals surface area contributed by atoms with E-state index in [4.69, 9.17) is 6.42 Å². The highest BCUT2D eigenvalue weighted by Gasteiger charge is 2.21. The molecule has 4 rings (SSSR count). The molecule has 1 aliphatic rings. The SMILES string of the molecule is C#CCN(C)S(=O)(=O)c1ccc(Cn2nc(C(=O)NCCCN3CCCC3=O)c3ccccc32)cc1. The van der Waals surface area contributed by atoms with Gasteiger partial charge in [-0.3, -0.25) is 14.3 Å². The number of nitrogens with one attached hydrogen (secondary N) is 1. The molecular formula is C26H29N5O4S. The van der Waals surface area contributed by atoms with Crippen LogP contribution in [0.1, 0.15) is 35.3 Å². The lowest BCUT2D eigenvalue weighted by molar-refractivity contribution is -0.127. The number of carbonyl (C=O) groups is 2. The van der Waals surface area contributed by atoms with Crippen LogP contribution in [0.5, 0.6) is 0 Å². The lowest BCUT2D eigenvalue weighted by Crippen LogP contribution is -2.31. The molecule has 1 fully saturated rings. The van der Waals surface area contributed by atoms with E-state index in [2.05, 4.69) is 16.3 Å². The molecule has 0 saturated carbocycles. The Morgan fingerprint density at radius 3 is 2.64 bits per heavy atom. The molecular weight excluding hydrogens is 478 g/mol. The number of terminal acetylenes is 1. The molecule has 2 amide bonds. The number of likely N-dealkylation sites (tertiary alicyclic amines) is 1. The molecule has 10 heteroatoms. The van der Waals surface area contributed by atoms with Crippen molar-refractivity contribution in [1.29, 1.82) is 0 Å². The van der Waals surface area contributed by atoms with Gasteiger partial charge in [0.15, 0.2) is 5.69 Å². The maximum atomic E-state index is 12.9. The summed E-state index contributed by atoms with van der Waals surface area (Å²) in [5.74, 6) is 2.24. The van der Waals surface area contributed by atoms with E-state index < -0.39 is 10.0 Å². The smallest absolute Gasteiger partial charge is 0.272 e. The second-order valence-electron chi connectivity index (χ2n) is 8.73. The molecule has 1 saturated heterocycles. The Bertz CT molecular complexity index is 1410. The highest BCUT2D eigenvalue weighted by molar-refractivity contribution is 7.89. The number of hydrogen-bond acceptors (Lipinski definition) is 5. The Kier molecular flexibility index (Phi) is 7.72. The number of hydrogen-bond donors (Lipinski definition) is 1. The molecule has 0 unspecified atom stereocenters. The lowest BCUT2D eigenvalue weighted by Gasteiger charge is -2.15. The molecule has 0 radical (unpaired) electrons. The van der Waals surface area contributed by atoms with E-state index in [0.717, 1.165) is 33.7 Å². The highest BCUT2D eigenvalue weighted by atomic mass is 32.2. The van der Waals surface area contributed by atoms with Crippen LogP contribution in [0.2, 0.25) is 0 Å². The molecule has 2 heterocycles. The van der Waals surface area contributed by atoms with Gasteiger partial charge in [-0.15, -0.1) is 6.42 Å². The number of sulfonamides is 1. The van der Waals surface area contributed by atoms with Crippen LogP contribution < -0.4 is 5.32 Å². The number of benzene rings is 2. The predicted octanol–water partition coefficient (Wildman–Crippen LogP) is 2.08. The average Bonchev–Trinajstić information content (AvgIpc) is 3.45. The molecule has 2 aromatic carbocycles. The van der Waals surface area contributed by atoms with Crippen LogP contribution in [-0.2, 0) is 21.4 Å². The summed E-state index contributed by atoms with van der Waals surface area (Å²) in [5.41, 5.74) is 1.97. The van der Waals surface area contributed by atoms with Gasteiger partial charge in [0.25, 0.3) is 5.91 Å². The standard InChI is InChI=1S/C26H29N5O4S/c1-3-16-29(2)36(34,35)21-13-11-20(12-14-21)19-31-23-9-5-4-8-22(23)25(28-31)26(33)27-15-7-18-30-17-6-10-24(30)32/h1,4-5,8-9,11-14H,6-7,10,15-19H2,2H3,(H,27,33). The average molecular weight is 508 g/mol. The second kappa shape index (κ2) is 10.9. The van der Waals surface area contributed by atoms with Crippen LogP contribution in [0.15, 0.2) is 53.4 Å². The van der Waals surface area contributed by atoms with Gasteiger partial charge in [-0.1, -0.05) is 36.3 Å². The predicted molar refractivity (Wildman–Crippen MR) is 137 cm³/mol. The second-order valence-corrected chi connectivity index (χ2v) is 10.8. The number of para-hydroxylation sites is 1. The first-order chi connectivity index (χ1) is 17.3. The van der Waals surface area contributed by atoms with Gasteiger partial charge >= 0.3 is 0 Å². The summed E-state index contributed by atoms with van der Waals surface area (Å²) in [6, 6.07) is 14.0. The lowest BCUT2D eigenvalue weighted by atomic mass is 10.2. The molecule has 0 aliphatic carbocycles. The van der Waals surface area contributed by atoms with Crippen molar-refractivity contribution in [2.75, 3.05) is 33.2 Å². The fraction of sp³-hybridized carbons (Fsp3) is 0.346. The number of carbonyl (C=O) groups excluding carboxylic acids is 2. The molecule has 0 bridgehead atoms. The van der Waals surface area contributed by atoms with Crippen molar-refractivity contribution < 1.29 is 18.0 Å². The maximum absolute atomic E-state index is 12.9.